The second-order valence-corrected chi connectivity index (χ2v) is 6.62. The molecule has 1 aromatic heterocycles. The molecule has 1 aliphatic carbocycles. The zero-order valence-corrected chi connectivity index (χ0v) is 11.4. The van der Waals surface area contributed by atoms with Crippen LogP contribution in [-0.4, -0.2) is 11.0 Å². The molecule has 2 nitrogen and oxygen atoms in total. The first-order chi connectivity index (χ1) is 7.57. The van der Waals surface area contributed by atoms with E-state index in [1.807, 2.05) is 5.51 Å². The SMILES string of the molecule is Cc1ncsc1CNC1CCC(C)(C)CC1. The first-order valence-electron chi connectivity index (χ1n) is 6.19. The Labute approximate surface area is 102 Å². The lowest BCUT2D eigenvalue weighted by atomic mass is 9.75. The van der Waals surface area contributed by atoms with Crippen molar-refractivity contribution in [3.05, 3.63) is 16.1 Å². The highest BCUT2D eigenvalue weighted by Crippen LogP contribution is 2.35. The zero-order valence-electron chi connectivity index (χ0n) is 10.5. The van der Waals surface area contributed by atoms with E-state index in [1.54, 1.807) is 11.3 Å². The highest BCUT2D eigenvalue weighted by atomic mass is 32.1. The van der Waals surface area contributed by atoms with Crippen LogP contribution in [0, 0.1) is 12.3 Å². The molecule has 1 aliphatic rings. The Hall–Kier alpha value is -0.410. The molecule has 16 heavy (non-hydrogen) atoms. The number of hydrogen-bond acceptors (Lipinski definition) is 3. The Morgan fingerprint density at radius 3 is 2.69 bits per heavy atom. The van der Waals surface area contributed by atoms with Gasteiger partial charge in [-0.05, 0) is 38.0 Å². The third-order valence-electron chi connectivity index (χ3n) is 3.74. The summed E-state index contributed by atoms with van der Waals surface area (Å²) in [5.74, 6) is 0. The lowest BCUT2D eigenvalue weighted by Crippen LogP contribution is -2.35. The molecule has 0 amide bonds. The van der Waals surface area contributed by atoms with Gasteiger partial charge in [0.25, 0.3) is 0 Å². The fourth-order valence-electron chi connectivity index (χ4n) is 2.34. The number of aromatic nitrogens is 1. The van der Waals surface area contributed by atoms with Gasteiger partial charge >= 0.3 is 0 Å². The van der Waals surface area contributed by atoms with E-state index in [0.717, 1.165) is 12.6 Å². The maximum absolute atomic E-state index is 4.28. The van der Waals surface area contributed by atoms with Crippen molar-refractivity contribution in [2.75, 3.05) is 0 Å². The lowest BCUT2D eigenvalue weighted by Gasteiger charge is -2.34. The van der Waals surface area contributed by atoms with Crippen LogP contribution in [0.1, 0.15) is 50.1 Å². The van der Waals surface area contributed by atoms with Crippen LogP contribution < -0.4 is 5.32 Å². The van der Waals surface area contributed by atoms with E-state index < -0.39 is 0 Å². The molecule has 0 saturated heterocycles. The highest BCUT2D eigenvalue weighted by molar-refractivity contribution is 7.09. The van der Waals surface area contributed by atoms with Gasteiger partial charge in [-0.2, -0.15) is 0 Å². The van der Waals surface area contributed by atoms with Crippen LogP contribution in [0.4, 0.5) is 0 Å². The van der Waals surface area contributed by atoms with Crippen molar-refractivity contribution < 1.29 is 0 Å². The fraction of sp³-hybridized carbons (Fsp3) is 0.769. The number of nitrogens with zero attached hydrogens (tertiary/aromatic N) is 1. The molecule has 1 heterocycles. The van der Waals surface area contributed by atoms with Crippen molar-refractivity contribution >= 4 is 11.3 Å². The second-order valence-electron chi connectivity index (χ2n) is 5.68. The van der Waals surface area contributed by atoms with Gasteiger partial charge in [0.2, 0.25) is 0 Å². The van der Waals surface area contributed by atoms with Gasteiger partial charge in [-0.1, -0.05) is 13.8 Å². The Balaban J connectivity index is 1.78. The quantitative estimate of drug-likeness (QED) is 0.871. The Morgan fingerprint density at radius 1 is 1.44 bits per heavy atom. The van der Waals surface area contributed by atoms with Crippen molar-refractivity contribution in [3.8, 4) is 0 Å². The standard InChI is InChI=1S/C13H22N2S/c1-10-12(16-9-15-10)8-14-11-4-6-13(2,3)7-5-11/h9,11,14H,4-8H2,1-3H3. The number of hydrogen-bond donors (Lipinski definition) is 1. The van der Waals surface area contributed by atoms with Gasteiger partial charge in [-0.3, -0.25) is 0 Å². The van der Waals surface area contributed by atoms with Crippen molar-refractivity contribution in [1.29, 1.82) is 0 Å². The summed E-state index contributed by atoms with van der Waals surface area (Å²) in [6.45, 7) is 7.87. The predicted octanol–water partition coefficient (Wildman–Crippen LogP) is 3.51. The van der Waals surface area contributed by atoms with E-state index in [1.165, 1.54) is 36.3 Å². The molecule has 1 saturated carbocycles. The summed E-state index contributed by atoms with van der Waals surface area (Å²) in [7, 11) is 0. The minimum absolute atomic E-state index is 0.568. The first-order valence-corrected chi connectivity index (χ1v) is 7.07. The predicted molar refractivity (Wildman–Crippen MR) is 69.7 cm³/mol. The molecule has 1 fully saturated rings. The zero-order chi connectivity index (χ0) is 11.6. The summed E-state index contributed by atoms with van der Waals surface area (Å²) < 4.78 is 0. The minimum atomic E-state index is 0.568. The van der Waals surface area contributed by atoms with Crippen LogP contribution in [0.25, 0.3) is 0 Å². The maximum atomic E-state index is 4.28. The number of rotatable bonds is 3. The van der Waals surface area contributed by atoms with Crippen LogP contribution in [0.15, 0.2) is 5.51 Å². The van der Waals surface area contributed by atoms with Gasteiger partial charge in [0.1, 0.15) is 0 Å². The molecule has 1 N–H and O–H groups in total. The first kappa shape index (κ1) is 12.1. The number of aryl methyl sites for hydroxylation is 1. The molecular formula is C13H22N2S. The Kier molecular flexibility index (Phi) is 3.65. The molecule has 0 atom stereocenters. The smallest absolute Gasteiger partial charge is 0.0798 e. The summed E-state index contributed by atoms with van der Waals surface area (Å²) in [5.41, 5.74) is 3.70. The third-order valence-corrected chi connectivity index (χ3v) is 4.67. The molecule has 3 heteroatoms. The van der Waals surface area contributed by atoms with E-state index >= 15 is 0 Å². The second kappa shape index (κ2) is 4.84. The normalized spacial score (nSPS) is 21.2. The van der Waals surface area contributed by atoms with E-state index in [4.69, 9.17) is 0 Å². The average molecular weight is 238 g/mol. The van der Waals surface area contributed by atoms with Gasteiger partial charge < -0.3 is 5.32 Å². The lowest BCUT2D eigenvalue weighted by molar-refractivity contribution is 0.206. The summed E-state index contributed by atoms with van der Waals surface area (Å²) >= 11 is 1.76. The largest absolute Gasteiger partial charge is 0.309 e. The summed E-state index contributed by atoms with van der Waals surface area (Å²) in [6.07, 6.45) is 5.36. The van der Waals surface area contributed by atoms with Crippen LogP contribution in [-0.2, 0) is 6.54 Å². The Bertz CT molecular complexity index is 333. The van der Waals surface area contributed by atoms with Crippen molar-refractivity contribution in [3.63, 3.8) is 0 Å². The monoisotopic (exact) mass is 238 g/mol. The van der Waals surface area contributed by atoms with Crippen LogP contribution in [0.3, 0.4) is 0 Å². The van der Waals surface area contributed by atoms with E-state index in [-0.39, 0.29) is 0 Å². The van der Waals surface area contributed by atoms with Crippen LogP contribution in [0.2, 0.25) is 0 Å². The molecule has 0 radical (unpaired) electrons. The molecule has 2 rings (SSSR count). The summed E-state index contributed by atoms with van der Waals surface area (Å²) in [4.78, 5) is 5.68. The van der Waals surface area contributed by atoms with E-state index in [2.05, 4.69) is 31.1 Å². The van der Waals surface area contributed by atoms with Gasteiger partial charge in [-0.25, -0.2) is 4.98 Å². The van der Waals surface area contributed by atoms with Gasteiger partial charge in [0.15, 0.2) is 0 Å². The highest BCUT2D eigenvalue weighted by Gasteiger charge is 2.26. The fourth-order valence-corrected chi connectivity index (χ4v) is 3.06. The van der Waals surface area contributed by atoms with E-state index in [9.17, 15) is 0 Å². The average Bonchev–Trinajstić information content (AvgIpc) is 2.63. The maximum Gasteiger partial charge on any atom is 0.0798 e. The van der Waals surface area contributed by atoms with Gasteiger partial charge in [-0.15, -0.1) is 11.3 Å². The molecule has 0 bridgehead atoms. The topological polar surface area (TPSA) is 24.9 Å². The van der Waals surface area contributed by atoms with Gasteiger partial charge in [0.05, 0.1) is 11.2 Å². The van der Waals surface area contributed by atoms with Crippen molar-refractivity contribution in [1.82, 2.24) is 10.3 Å². The molecular weight excluding hydrogens is 216 g/mol. The van der Waals surface area contributed by atoms with E-state index in [0.29, 0.717) is 5.41 Å². The van der Waals surface area contributed by atoms with Crippen LogP contribution >= 0.6 is 11.3 Å². The van der Waals surface area contributed by atoms with Crippen molar-refractivity contribution in [2.45, 2.75) is 59.0 Å². The van der Waals surface area contributed by atoms with Crippen molar-refractivity contribution in [2.24, 2.45) is 5.41 Å². The molecule has 0 aromatic carbocycles. The van der Waals surface area contributed by atoms with Gasteiger partial charge in [0, 0.05) is 17.5 Å². The minimum Gasteiger partial charge on any atom is -0.309 e. The molecule has 90 valence electrons. The molecule has 1 aromatic rings. The third kappa shape index (κ3) is 3.05. The number of thiazole rings is 1. The summed E-state index contributed by atoms with van der Waals surface area (Å²) in [5, 5.41) is 3.67. The molecule has 0 unspecified atom stereocenters. The molecule has 0 spiro atoms. The van der Waals surface area contributed by atoms with Crippen LogP contribution in [0.5, 0.6) is 0 Å². The Morgan fingerprint density at radius 2 is 2.12 bits per heavy atom. The summed E-state index contributed by atoms with van der Waals surface area (Å²) in [6, 6.07) is 0.717. The molecule has 0 aliphatic heterocycles. The number of nitrogens with one attached hydrogen (secondary N) is 1.